The molecule has 6 heteroatoms. The zero-order valence-electron chi connectivity index (χ0n) is 27.6. The average Bonchev–Trinajstić information content (AvgIpc) is 3.39. The standard InChI is InChI=1S/C26H23N2Si.C12H9FN.Ir/c1-29(2,3)21-15-13-20(14-16-21)28-25-12-8-7-11-22(25)23-18-27-24(17-26(23)28)19-9-5-4-6-10-19;1-9-2-7-12(14-8-9)10-3-5-11(13)6-4-10;/h4-9,11-18H,1-3H3;2-3,5-8H,1H3;/q2*-1;/i;1D3;. The van der Waals surface area contributed by atoms with Crippen molar-refractivity contribution in [2.75, 3.05) is 0 Å². The van der Waals surface area contributed by atoms with E-state index in [1.54, 1.807) is 12.1 Å². The summed E-state index contributed by atoms with van der Waals surface area (Å²) >= 11 is 0. The molecule has 7 rings (SSSR count). The smallest absolute Gasteiger partial charge is 0.0775 e. The van der Waals surface area contributed by atoms with Gasteiger partial charge >= 0.3 is 0 Å². The van der Waals surface area contributed by atoms with Gasteiger partial charge in [0.05, 0.1) is 13.6 Å². The van der Waals surface area contributed by atoms with Crippen LogP contribution in [0.5, 0.6) is 0 Å². The number of hydrogen-bond acceptors (Lipinski definition) is 2. The summed E-state index contributed by atoms with van der Waals surface area (Å²) in [6.07, 6.45) is 3.31. The zero-order valence-corrected chi connectivity index (χ0v) is 28.0. The molecular weight excluding hydrogens is 738 g/mol. The number of aryl methyl sites for hydroxylation is 1. The van der Waals surface area contributed by atoms with Gasteiger partial charge < -0.3 is 14.5 Å². The molecule has 44 heavy (non-hydrogen) atoms. The van der Waals surface area contributed by atoms with E-state index in [2.05, 4.69) is 102 Å². The summed E-state index contributed by atoms with van der Waals surface area (Å²) in [6.45, 7) is 5.00. The van der Waals surface area contributed by atoms with Crippen molar-refractivity contribution in [1.29, 1.82) is 0 Å². The third-order valence-electron chi connectivity index (χ3n) is 7.35. The maximum Gasteiger partial charge on any atom is 0.0775 e. The molecule has 3 nitrogen and oxygen atoms in total. The van der Waals surface area contributed by atoms with Crippen LogP contribution in [0.2, 0.25) is 19.6 Å². The Balaban J connectivity index is 0.000000207. The molecule has 3 aromatic heterocycles. The fourth-order valence-electron chi connectivity index (χ4n) is 5.07. The summed E-state index contributed by atoms with van der Waals surface area (Å²) in [5, 5.41) is 3.88. The van der Waals surface area contributed by atoms with Gasteiger partial charge in [0, 0.05) is 64.4 Å². The SMILES string of the molecule is C[Si](C)(C)c1ccc(-n2c3ccccc3c3cnc(-c4[c-]cccc4)cc32)cc1.[2H]C([2H])([2H])c1ccc(-c2[c-]cc(F)cc2)nc1.[Ir]. The van der Waals surface area contributed by atoms with Crippen molar-refractivity contribution in [3.05, 3.63) is 145 Å². The minimum atomic E-state index is -2.15. The van der Waals surface area contributed by atoms with Crippen molar-refractivity contribution in [2.24, 2.45) is 0 Å². The van der Waals surface area contributed by atoms with Crippen molar-refractivity contribution in [2.45, 2.75) is 26.5 Å². The molecule has 0 N–H and O–H groups in total. The molecule has 0 amide bonds. The van der Waals surface area contributed by atoms with Crippen LogP contribution in [0.1, 0.15) is 9.68 Å². The molecule has 221 valence electrons. The first-order valence-corrected chi connectivity index (χ1v) is 17.6. The Morgan fingerprint density at radius 2 is 1.48 bits per heavy atom. The number of fused-ring (bicyclic) bond motifs is 3. The largest absolute Gasteiger partial charge is 0.310 e. The summed E-state index contributed by atoms with van der Waals surface area (Å²) < 4.78 is 36.7. The van der Waals surface area contributed by atoms with Crippen LogP contribution in [0.25, 0.3) is 50.0 Å². The van der Waals surface area contributed by atoms with E-state index >= 15 is 0 Å². The first-order valence-electron chi connectivity index (χ1n) is 15.6. The molecular formula is C38H32FIrN3Si-2. The molecule has 0 spiro atoms. The van der Waals surface area contributed by atoms with E-state index in [4.69, 9.17) is 9.10 Å². The number of pyridine rings is 2. The van der Waals surface area contributed by atoms with E-state index in [9.17, 15) is 4.39 Å². The van der Waals surface area contributed by atoms with Crippen LogP contribution >= 0.6 is 0 Å². The molecule has 1 radical (unpaired) electrons. The maximum atomic E-state index is 12.7. The van der Waals surface area contributed by atoms with E-state index in [-0.39, 0.29) is 31.5 Å². The molecule has 0 bridgehead atoms. The van der Waals surface area contributed by atoms with Gasteiger partial charge in [0.1, 0.15) is 0 Å². The molecule has 3 heterocycles. The van der Waals surface area contributed by atoms with Gasteiger partial charge in [0.15, 0.2) is 0 Å². The Morgan fingerprint density at radius 1 is 0.727 bits per heavy atom. The minimum Gasteiger partial charge on any atom is -0.310 e. The van der Waals surface area contributed by atoms with Crippen LogP contribution in [0, 0.1) is 24.8 Å². The van der Waals surface area contributed by atoms with E-state index in [1.165, 1.54) is 57.1 Å². The van der Waals surface area contributed by atoms with Gasteiger partial charge in [-0.25, -0.2) is 0 Å². The molecule has 0 unspecified atom stereocenters. The minimum absolute atomic E-state index is 0. The van der Waals surface area contributed by atoms with Crippen molar-refractivity contribution >= 4 is 35.1 Å². The first-order chi connectivity index (χ1) is 22.0. The molecule has 0 fully saturated rings. The number of benzene rings is 4. The summed E-state index contributed by atoms with van der Waals surface area (Å²) in [4.78, 5) is 8.77. The monoisotopic (exact) mass is 773 g/mol. The van der Waals surface area contributed by atoms with Crippen molar-refractivity contribution in [3.8, 4) is 28.2 Å². The topological polar surface area (TPSA) is 30.7 Å². The summed E-state index contributed by atoms with van der Waals surface area (Å²) in [5.74, 6) is -0.368. The van der Waals surface area contributed by atoms with Crippen molar-refractivity contribution in [1.82, 2.24) is 14.5 Å². The van der Waals surface area contributed by atoms with Crippen LogP contribution < -0.4 is 5.19 Å². The molecule has 0 saturated carbocycles. The number of hydrogen-bond donors (Lipinski definition) is 0. The molecule has 0 saturated heterocycles. The van der Waals surface area contributed by atoms with Gasteiger partial charge in [-0.1, -0.05) is 73.4 Å². The second-order valence-electron chi connectivity index (χ2n) is 11.4. The third-order valence-corrected chi connectivity index (χ3v) is 9.41. The molecule has 0 aliphatic rings. The maximum absolute atomic E-state index is 12.7. The molecule has 0 atom stereocenters. The fraction of sp³-hybridized carbons (Fsp3) is 0.105. The first kappa shape index (κ1) is 27.3. The van der Waals surface area contributed by atoms with Crippen molar-refractivity contribution in [3.63, 3.8) is 0 Å². The Labute approximate surface area is 277 Å². The van der Waals surface area contributed by atoms with Crippen LogP contribution in [-0.4, -0.2) is 22.6 Å². The Bertz CT molecular complexity index is 2110. The van der Waals surface area contributed by atoms with Crippen LogP contribution in [-0.2, 0) is 20.1 Å². The number of halogens is 1. The average molecular weight is 773 g/mol. The zero-order chi connectivity index (χ0) is 32.5. The predicted octanol–water partition coefficient (Wildman–Crippen LogP) is 9.18. The summed E-state index contributed by atoms with van der Waals surface area (Å²) in [7, 11) is -1.32. The van der Waals surface area contributed by atoms with E-state index in [0.717, 1.165) is 11.3 Å². The quantitative estimate of drug-likeness (QED) is 0.132. The van der Waals surface area contributed by atoms with Gasteiger partial charge in [0.25, 0.3) is 0 Å². The fourth-order valence-corrected chi connectivity index (χ4v) is 6.24. The van der Waals surface area contributed by atoms with E-state index in [0.29, 0.717) is 11.3 Å². The number of rotatable bonds is 4. The Kier molecular flexibility index (Phi) is 8.19. The van der Waals surface area contributed by atoms with Crippen LogP contribution in [0.15, 0.2) is 122 Å². The summed E-state index contributed by atoms with van der Waals surface area (Å²) in [5.41, 5.74) is 6.91. The Hall–Kier alpha value is -4.22. The van der Waals surface area contributed by atoms with Gasteiger partial charge in [0.2, 0.25) is 0 Å². The Morgan fingerprint density at radius 3 is 2.14 bits per heavy atom. The predicted molar refractivity (Wildman–Crippen MR) is 179 cm³/mol. The van der Waals surface area contributed by atoms with E-state index in [1.807, 2.05) is 24.4 Å². The number of para-hydroxylation sites is 1. The molecule has 4 aromatic carbocycles. The van der Waals surface area contributed by atoms with Crippen molar-refractivity contribution < 1.29 is 28.6 Å². The molecule has 0 aliphatic heterocycles. The normalized spacial score (nSPS) is 12.4. The van der Waals surface area contributed by atoms with Gasteiger partial charge in [-0.2, -0.15) is 0 Å². The van der Waals surface area contributed by atoms with Gasteiger partial charge in [-0.05, 0) is 42.0 Å². The van der Waals surface area contributed by atoms with Gasteiger partial charge in [-0.3, -0.25) is 4.39 Å². The molecule has 0 aliphatic carbocycles. The summed E-state index contributed by atoms with van der Waals surface area (Å²) in [6, 6.07) is 41.1. The third kappa shape index (κ3) is 6.63. The van der Waals surface area contributed by atoms with Crippen LogP contribution in [0.3, 0.4) is 0 Å². The number of aromatic nitrogens is 3. The van der Waals surface area contributed by atoms with E-state index < -0.39 is 14.9 Å². The van der Waals surface area contributed by atoms with Gasteiger partial charge in [-0.15, -0.1) is 65.7 Å². The molecule has 7 aromatic rings. The van der Waals surface area contributed by atoms with Crippen LogP contribution in [0.4, 0.5) is 4.39 Å². The second kappa shape index (κ2) is 13.2. The second-order valence-corrected chi connectivity index (χ2v) is 16.4. The number of nitrogens with zero attached hydrogens (tertiary/aromatic N) is 3.